The predicted octanol–water partition coefficient (Wildman–Crippen LogP) is 3.71. The Labute approximate surface area is 152 Å². The van der Waals surface area contributed by atoms with Crippen molar-refractivity contribution < 1.29 is 14.3 Å². The molecule has 0 saturated heterocycles. The highest BCUT2D eigenvalue weighted by atomic mass is 32.2. The van der Waals surface area contributed by atoms with Gasteiger partial charge in [-0.2, -0.15) is 0 Å². The van der Waals surface area contributed by atoms with Gasteiger partial charge in [0, 0.05) is 22.7 Å². The van der Waals surface area contributed by atoms with Crippen LogP contribution in [0.4, 0.5) is 5.13 Å². The van der Waals surface area contributed by atoms with Crippen molar-refractivity contribution in [3.05, 3.63) is 53.7 Å². The van der Waals surface area contributed by atoms with Crippen molar-refractivity contribution >= 4 is 34.1 Å². The number of nitrogens with zero attached hydrogens (tertiary/aromatic N) is 2. The van der Waals surface area contributed by atoms with Crippen LogP contribution in [-0.2, 0) is 0 Å². The van der Waals surface area contributed by atoms with Crippen LogP contribution in [0.2, 0.25) is 0 Å². The third-order valence-corrected chi connectivity index (χ3v) is 5.09. The van der Waals surface area contributed by atoms with Crippen molar-refractivity contribution in [2.45, 2.75) is 9.92 Å². The predicted molar refractivity (Wildman–Crippen MR) is 95.9 cm³/mol. The summed E-state index contributed by atoms with van der Waals surface area (Å²) < 4.78 is 11.1. The van der Waals surface area contributed by atoms with Gasteiger partial charge in [0.2, 0.25) is 0 Å². The Balaban J connectivity index is 1.57. The minimum atomic E-state index is -0.233. The SMILES string of the molecule is O=C(Nc1nccs1)c1cccnc1Sc1ccc2c(c1)OCCO2. The van der Waals surface area contributed by atoms with Gasteiger partial charge in [-0.25, -0.2) is 9.97 Å². The highest BCUT2D eigenvalue weighted by Crippen LogP contribution is 2.37. The molecule has 1 N–H and O–H groups in total. The molecule has 0 spiro atoms. The number of carbonyl (C=O) groups excluding carboxylic acids is 1. The van der Waals surface area contributed by atoms with Crippen LogP contribution < -0.4 is 14.8 Å². The molecule has 0 atom stereocenters. The van der Waals surface area contributed by atoms with E-state index in [1.807, 2.05) is 23.6 Å². The molecule has 3 aromatic rings. The van der Waals surface area contributed by atoms with E-state index in [-0.39, 0.29) is 5.91 Å². The Morgan fingerprint density at radius 2 is 2.00 bits per heavy atom. The topological polar surface area (TPSA) is 73.3 Å². The lowest BCUT2D eigenvalue weighted by atomic mass is 10.3. The molecule has 0 radical (unpaired) electrons. The number of hydrogen-bond donors (Lipinski definition) is 1. The molecule has 3 heterocycles. The van der Waals surface area contributed by atoms with Crippen molar-refractivity contribution in [2.24, 2.45) is 0 Å². The molecule has 1 aromatic carbocycles. The summed E-state index contributed by atoms with van der Waals surface area (Å²) in [5.41, 5.74) is 0.498. The van der Waals surface area contributed by atoms with Crippen LogP contribution in [0, 0.1) is 0 Å². The van der Waals surface area contributed by atoms with E-state index >= 15 is 0 Å². The zero-order valence-corrected chi connectivity index (χ0v) is 14.6. The standard InChI is InChI=1S/C17H13N3O3S2/c21-15(20-17-19-6-9-24-17)12-2-1-5-18-16(12)25-11-3-4-13-14(10-11)23-8-7-22-13/h1-6,9-10H,7-8H2,(H,19,20,21). The average molecular weight is 371 g/mol. The first-order valence-corrected chi connectivity index (χ1v) is 9.22. The molecule has 0 bridgehead atoms. The zero-order valence-electron chi connectivity index (χ0n) is 13.0. The number of benzene rings is 1. The van der Waals surface area contributed by atoms with E-state index in [1.165, 1.54) is 23.1 Å². The van der Waals surface area contributed by atoms with Crippen LogP contribution in [0.5, 0.6) is 11.5 Å². The van der Waals surface area contributed by atoms with Crippen molar-refractivity contribution in [1.29, 1.82) is 0 Å². The van der Waals surface area contributed by atoms with E-state index in [0.717, 1.165) is 10.6 Å². The maximum absolute atomic E-state index is 12.5. The molecule has 0 unspecified atom stereocenters. The average Bonchev–Trinajstić information content (AvgIpc) is 3.15. The largest absolute Gasteiger partial charge is 0.486 e. The van der Waals surface area contributed by atoms with Crippen LogP contribution in [0.3, 0.4) is 0 Å². The molecule has 126 valence electrons. The second-order valence-corrected chi connectivity index (χ2v) is 7.01. The third-order valence-electron chi connectivity index (χ3n) is 3.40. The maximum Gasteiger partial charge on any atom is 0.260 e. The van der Waals surface area contributed by atoms with Gasteiger partial charge in [0.15, 0.2) is 16.6 Å². The number of aromatic nitrogens is 2. The summed E-state index contributed by atoms with van der Waals surface area (Å²) in [6.45, 7) is 1.09. The summed E-state index contributed by atoms with van der Waals surface area (Å²) in [5.74, 6) is 1.21. The van der Waals surface area contributed by atoms with Gasteiger partial charge in [-0.1, -0.05) is 11.8 Å². The number of rotatable bonds is 4. The molecule has 0 saturated carbocycles. The molecule has 0 aliphatic carbocycles. The van der Waals surface area contributed by atoms with Gasteiger partial charge in [-0.3, -0.25) is 10.1 Å². The summed E-state index contributed by atoms with van der Waals surface area (Å²) in [6.07, 6.45) is 3.31. The Hall–Kier alpha value is -2.58. The van der Waals surface area contributed by atoms with Gasteiger partial charge in [0.05, 0.1) is 5.56 Å². The van der Waals surface area contributed by atoms with Crippen molar-refractivity contribution in [3.63, 3.8) is 0 Å². The minimum Gasteiger partial charge on any atom is -0.486 e. The number of thiazole rings is 1. The lowest BCUT2D eigenvalue weighted by molar-refractivity contribution is 0.102. The fourth-order valence-corrected chi connectivity index (χ4v) is 3.73. The van der Waals surface area contributed by atoms with Crippen molar-refractivity contribution in [1.82, 2.24) is 9.97 Å². The highest BCUT2D eigenvalue weighted by Gasteiger charge is 2.17. The summed E-state index contributed by atoms with van der Waals surface area (Å²) in [7, 11) is 0. The summed E-state index contributed by atoms with van der Waals surface area (Å²) in [4.78, 5) is 21.9. The van der Waals surface area contributed by atoms with Gasteiger partial charge in [-0.15, -0.1) is 11.3 Å². The first-order valence-electron chi connectivity index (χ1n) is 7.53. The second kappa shape index (κ2) is 7.12. The molecule has 2 aromatic heterocycles. The van der Waals surface area contributed by atoms with Crippen LogP contribution in [-0.4, -0.2) is 29.1 Å². The van der Waals surface area contributed by atoms with Crippen LogP contribution in [0.15, 0.2) is 58.0 Å². The van der Waals surface area contributed by atoms with E-state index in [1.54, 1.807) is 24.5 Å². The Kier molecular flexibility index (Phi) is 4.53. The normalized spacial score (nSPS) is 12.6. The minimum absolute atomic E-state index is 0.233. The summed E-state index contributed by atoms with van der Waals surface area (Å²) in [5, 5.41) is 5.77. The van der Waals surface area contributed by atoms with E-state index in [4.69, 9.17) is 9.47 Å². The lowest BCUT2D eigenvalue weighted by Crippen LogP contribution is -2.15. The lowest BCUT2D eigenvalue weighted by Gasteiger charge is -2.18. The monoisotopic (exact) mass is 371 g/mol. The van der Waals surface area contributed by atoms with Gasteiger partial charge in [-0.05, 0) is 30.3 Å². The first kappa shape index (κ1) is 15.9. The molecule has 25 heavy (non-hydrogen) atoms. The van der Waals surface area contributed by atoms with Crippen LogP contribution >= 0.6 is 23.1 Å². The van der Waals surface area contributed by atoms with Gasteiger partial charge < -0.3 is 9.47 Å². The van der Waals surface area contributed by atoms with Crippen LogP contribution in [0.25, 0.3) is 0 Å². The van der Waals surface area contributed by atoms with Gasteiger partial charge >= 0.3 is 0 Å². The first-order chi connectivity index (χ1) is 12.3. The highest BCUT2D eigenvalue weighted by molar-refractivity contribution is 7.99. The second-order valence-electron chi connectivity index (χ2n) is 5.06. The molecule has 1 aliphatic heterocycles. The van der Waals surface area contributed by atoms with Gasteiger partial charge in [0.25, 0.3) is 5.91 Å². The number of fused-ring (bicyclic) bond motifs is 1. The number of anilines is 1. The molecule has 8 heteroatoms. The fraction of sp³-hybridized carbons (Fsp3) is 0.118. The Bertz CT molecular complexity index is 900. The Morgan fingerprint density at radius 1 is 1.12 bits per heavy atom. The number of hydrogen-bond acceptors (Lipinski definition) is 7. The maximum atomic E-state index is 12.5. The smallest absolute Gasteiger partial charge is 0.260 e. The van der Waals surface area contributed by atoms with E-state index < -0.39 is 0 Å². The van der Waals surface area contributed by atoms with Crippen LogP contribution in [0.1, 0.15) is 10.4 Å². The van der Waals surface area contributed by atoms with Crippen molar-refractivity contribution in [2.75, 3.05) is 18.5 Å². The fourth-order valence-electron chi connectivity index (χ4n) is 2.29. The molecule has 6 nitrogen and oxygen atoms in total. The number of nitrogens with one attached hydrogen (secondary N) is 1. The molecule has 1 aliphatic rings. The number of ether oxygens (including phenoxy) is 2. The molecular formula is C17H13N3O3S2. The van der Waals surface area contributed by atoms with E-state index in [2.05, 4.69) is 15.3 Å². The molecular weight excluding hydrogens is 358 g/mol. The number of amides is 1. The van der Waals surface area contributed by atoms with E-state index in [0.29, 0.717) is 34.7 Å². The van der Waals surface area contributed by atoms with Gasteiger partial charge in [0.1, 0.15) is 18.2 Å². The molecule has 4 rings (SSSR count). The number of pyridine rings is 1. The van der Waals surface area contributed by atoms with E-state index in [9.17, 15) is 4.79 Å². The summed E-state index contributed by atoms with van der Waals surface area (Å²) >= 11 is 2.77. The molecule has 0 fully saturated rings. The Morgan fingerprint density at radius 3 is 2.84 bits per heavy atom. The summed E-state index contributed by atoms with van der Waals surface area (Å²) in [6, 6.07) is 9.18. The zero-order chi connectivity index (χ0) is 17.1. The molecule has 1 amide bonds. The number of carbonyl (C=O) groups is 1. The quantitative estimate of drug-likeness (QED) is 0.754. The van der Waals surface area contributed by atoms with Crippen molar-refractivity contribution in [3.8, 4) is 11.5 Å². The third kappa shape index (κ3) is 3.59.